The Morgan fingerprint density at radius 2 is 2.07 bits per heavy atom. The Morgan fingerprint density at radius 1 is 1.21 bits per heavy atom. The Kier molecular flexibility index (Phi) is 4.78. The maximum absolute atomic E-state index is 12.9. The van der Waals surface area contributed by atoms with E-state index in [-0.39, 0.29) is 17.9 Å². The average Bonchev–Trinajstić information content (AvgIpc) is 3.30. The summed E-state index contributed by atoms with van der Waals surface area (Å²) in [5.74, 6) is 0.609. The lowest BCUT2D eigenvalue weighted by molar-refractivity contribution is 0.0737. The number of rotatable bonds is 3. The van der Waals surface area contributed by atoms with Crippen molar-refractivity contribution in [2.24, 2.45) is 5.92 Å². The van der Waals surface area contributed by atoms with E-state index in [1.54, 1.807) is 12.3 Å². The van der Waals surface area contributed by atoms with Crippen LogP contribution < -0.4 is 10.6 Å². The van der Waals surface area contributed by atoms with Gasteiger partial charge in [0.15, 0.2) is 0 Å². The molecule has 0 saturated carbocycles. The highest BCUT2D eigenvalue weighted by Crippen LogP contribution is 2.28. The topological polar surface area (TPSA) is 77.6 Å². The van der Waals surface area contributed by atoms with Crippen molar-refractivity contribution < 1.29 is 9.59 Å². The molecule has 1 unspecified atom stereocenters. The summed E-state index contributed by atoms with van der Waals surface area (Å²) in [6.07, 6.45) is 4.01. The quantitative estimate of drug-likeness (QED) is 0.810. The number of aromatic nitrogens is 1. The zero-order chi connectivity index (χ0) is 19.1. The molecule has 2 bridgehead atoms. The predicted molar refractivity (Wildman–Crippen MR) is 109 cm³/mol. The van der Waals surface area contributed by atoms with Crippen molar-refractivity contribution in [2.45, 2.75) is 18.9 Å². The molecule has 2 amide bonds. The van der Waals surface area contributed by atoms with Crippen LogP contribution in [0.25, 0.3) is 10.1 Å². The molecule has 5 rings (SSSR count). The largest absolute Gasteiger partial charge is 0.347 e. The molecule has 148 valence electrons. The van der Waals surface area contributed by atoms with Crippen molar-refractivity contribution in [3.05, 3.63) is 28.9 Å². The van der Waals surface area contributed by atoms with Crippen LogP contribution in [0.15, 0.2) is 17.6 Å². The van der Waals surface area contributed by atoms with Crippen LogP contribution in [0.2, 0.25) is 0 Å². The SMILES string of the molecule is O=C(N[C@@H]1C[C@@H]2CCN(C2)C1)c1cc2c(C(=O)N3CCNCC3)csc2cn1. The summed E-state index contributed by atoms with van der Waals surface area (Å²) >= 11 is 1.51. The minimum Gasteiger partial charge on any atom is -0.347 e. The fourth-order valence-electron chi connectivity index (χ4n) is 4.68. The summed E-state index contributed by atoms with van der Waals surface area (Å²) < 4.78 is 0.942. The number of carbonyl (C=O) groups excluding carboxylic acids is 2. The Labute approximate surface area is 168 Å². The standard InChI is InChI=1S/C20H25N5O2S/c26-19(23-14-7-13-1-4-24(10-13)11-14)17-8-15-16(12-28-18(15)9-22-17)20(27)25-5-2-21-3-6-25/h8-9,12-14,21H,1-7,10-11H2,(H,23,26)/t13-,14+/m0/s1. The first-order valence-corrected chi connectivity index (χ1v) is 11.0. The van der Waals surface area contributed by atoms with E-state index in [2.05, 4.69) is 20.5 Å². The number of nitrogens with zero attached hydrogens (tertiary/aromatic N) is 3. The Balaban J connectivity index is 1.35. The monoisotopic (exact) mass is 399 g/mol. The fraction of sp³-hybridized carbons (Fsp3) is 0.550. The third-order valence-electron chi connectivity index (χ3n) is 6.13. The second-order valence-electron chi connectivity index (χ2n) is 8.08. The molecular formula is C20H25N5O2S. The van der Waals surface area contributed by atoms with Crippen LogP contribution >= 0.6 is 11.3 Å². The Bertz CT molecular complexity index is 895. The molecule has 0 aliphatic carbocycles. The maximum Gasteiger partial charge on any atom is 0.270 e. The molecule has 7 nitrogen and oxygen atoms in total. The molecule has 3 fully saturated rings. The van der Waals surface area contributed by atoms with E-state index in [0.717, 1.165) is 42.7 Å². The maximum atomic E-state index is 12.9. The van der Waals surface area contributed by atoms with Crippen LogP contribution in [0.5, 0.6) is 0 Å². The van der Waals surface area contributed by atoms with Gasteiger partial charge in [-0.3, -0.25) is 9.59 Å². The molecule has 2 aromatic rings. The summed E-state index contributed by atoms with van der Waals surface area (Å²) in [5, 5.41) is 9.16. The summed E-state index contributed by atoms with van der Waals surface area (Å²) in [6, 6.07) is 1.98. The van der Waals surface area contributed by atoms with Crippen LogP contribution in [-0.4, -0.2) is 78.5 Å². The van der Waals surface area contributed by atoms with E-state index in [1.165, 1.54) is 24.3 Å². The van der Waals surface area contributed by atoms with Crippen molar-refractivity contribution in [3.8, 4) is 0 Å². The van der Waals surface area contributed by atoms with Gasteiger partial charge in [0.25, 0.3) is 11.8 Å². The van der Waals surface area contributed by atoms with Crippen LogP contribution in [0.4, 0.5) is 0 Å². The van der Waals surface area contributed by atoms with E-state index in [4.69, 9.17) is 0 Å². The molecule has 0 spiro atoms. The number of carbonyl (C=O) groups is 2. The zero-order valence-corrected chi connectivity index (χ0v) is 16.6. The summed E-state index contributed by atoms with van der Waals surface area (Å²) in [7, 11) is 0. The third kappa shape index (κ3) is 3.40. The van der Waals surface area contributed by atoms with Crippen LogP contribution in [0.3, 0.4) is 0 Å². The van der Waals surface area contributed by atoms with Gasteiger partial charge in [0.05, 0.1) is 10.3 Å². The van der Waals surface area contributed by atoms with Crippen LogP contribution in [0.1, 0.15) is 33.7 Å². The van der Waals surface area contributed by atoms with Crippen molar-refractivity contribution in [1.29, 1.82) is 0 Å². The van der Waals surface area contributed by atoms with Gasteiger partial charge in [-0.05, 0) is 31.4 Å². The molecule has 8 heteroatoms. The van der Waals surface area contributed by atoms with E-state index in [9.17, 15) is 9.59 Å². The lowest BCUT2D eigenvalue weighted by Gasteiger charge is -2.30. The first-order chi connectivity index (χ1) is 13.7. The van der Waals surface area contributed by atoms with Gasteiger partial charge in [0.1, 0.15) is 5.69 Å². The molecule has 3 aliphatic rings. The number of hydrogen-bond donors (Lipinski definition) is 2. The highest BCUT2D eigenvalue weighted by Gasteiger charge is 2.33. The highest BCUT2D eigenvalue weighted by molar-refractivity contribution is 7.17. The van der Waals surface area contributed by atoms with Gasteiger partial charge in [-0.15, -0.1) is 11.3 Å². The molecule has 0 radical (unpaired) electrons. The number of piperidine rings is 1. The normalized spacial score (nSPS) is 27.1. The van der Waals surface area contributed by atoms with Gasteiger partial charge in [0.2, 0.25) is 0 Å². The molecule has 3 saturated heterocycles. The van der Waals surface area contributed by atoms with E-state index in [0.29, 0.717) is 30.3 Å². The molecule has 3 aliphatic heterocycles. The van der Waals surface area contributed by atoms with Gasteiger partial charge < -0.3 is 20.4 Å². The van der Waals surface area contributed by atoms with Crippen LogP contribution in [-0.2, 0) is 0 Å². The number of thiophene rings is 1. The average molecular weight is 400 g/mol. The lowest BCUT2D eigenvalue weighted by Crippen LogP contribution is -2.47. The predicted octanol–water partition coefficient (Wildman–Crippen LogP) is 1.17. The smallest absolute Gasteiger partial charge is 0.270 e. The molecule has 0 aromatic carbocycles. The third-order valence-corrected chi connectivity index (χ3v) is 7.06. The minimum atomic E-state index is -0.138. The van der Waals surface area contributed by atoms with Crippen molar-refractivity contribution >= 4 is 33.2 Å². The highest BCUT2D eigenvalue weighted by atomic mass is 32.1. The number of amides is 2. The van der Waals surface area contributed by atoms with E-state index in [1.807, 2.05) is 10.3 Å². The van der Waals surface area contributed by atoms with Gasteiger partial charge >= 0.3 is 0 Å². The number of piperazine rings is 1. The number of hydrogen-bond acceptors (Lipinski definition) is 6. The molecule has 2 aromatic heterocycles. The fourth-order valence-corrected chi connectivity index (χ4v) is 5.57. The second kappa shape index (κ2) is 7.42. The van der Waals surface area contributed by atoms with Crippen molar-refractivity contribution in [3.63, 3.8) is 0 Å². The van der Waals surface area contributed by atoms with Crippen molar-refractivity contribution in [1.82, 2.24) is 25.4 Å². The van der Waals surface area contributed by atoms with Gasteiger partial charge in [-0.1, -0.05) is 0 Å². The van der Waals surface area contributed by atoms with Gasteiger partial charge in [-0.25, -0.2) is 4.98 Å². The summed E-state index contributed by atoms with van der Waals surface area (Å²) in [4.78, 5) is 34.4. The summed E-state index contributed by atoms with van der Waals surface area (Å²) in [5.41, 5.74) is 1.08. The second-order valence-corrected chi connectivity index (χ2v) is 8.99. The minimum absolute atomic E-state index is 0.0435. The van der Waals surface area contributed by atoms with Gasteiger partial charge in [0, 0.05) is 62.3 Å². The van der Waals surface area contributed by atoms with Gasteiger partial charge in [-0.2, -0.15) is 0 Å². The van der Waals surface area contributed by atoms with Crippen LogP contribution in [0, 0.1) is 5.92 Å². The number of nitrogens with one attached hydrogen (secondary N) is 2. The molecule has 5 heterocycles. The molecule has 28 heavy (non-hydrogen) atoms. The molecular weight excluding hydrogens is 374 g/mol. The Morgan fingerprint density at radius 3 is 2.89 bits per heavy atom. The number of pyridine rings is 1. The summed E-state index contributed by atoms with van der Waals surface area (Å²) in [6.45, 7) is 6.32. The Hall–Kier alpha value is -2.03. The number of fused-ring (bicyclic) bond motifs is 3. The zero-order valence-electron chi connectivity index (χ0n) is 15.8. The first-order valence-electron chi connectivity index (χ1n) is 10.1. The molecule has 2 N–H and O–H groups in total. The van der Waals surface area contributed by atoms with E-state index >= 15 is 0 Å². The van der Waals surface area contributed by atoms with E-state index < -0.39 is 0 Å². The first kappa shape index (κ1) is 18.0. The van der Waals surface area contributed by atoms with Crippen molar-refractivity contribution in [2.75, 3.05) is 45.8 Å². The molecule has 3 atom stereocenters. The lowest BCUT2D eigenvalue weighted by atomic mass is 9.97.